The van der Waals surface area contributed by atoms with Gasteiger partial charge < -0.3 is 4.74 Å². The molecule has 3 N–H and O–H groups in total. The minimum atomic E-state index is 0.173. The fraction of sp³-hybridized carbons (Fsp3) is 0.538. The van der Waals surface area contributed by atoms with Crippen LogP contribution in [0.15, 0.2) is 22.7 Å². The number of halogens is 1. The van der Waals surface area contributed by atoms with Gasteiger partial charge in [0.25, 0.3) is 0 Å². The minimum absolute atomic E-state index is 0.173. The largest absolute Gasteiger partial charge is 0.381 e. The van der Waals surface area contributed by atoms with Crippen molar-refractivity contribution in [1.82, 2.24) is 5.43 Å². The number of hydrogen-bond acceptors (Lipinski definition) is 3. The maximum absolute atomic E-state index is 5.71. The SMILES string of the molecule is Cc1cc(Br)cc(C(NN)C2CCCOC2)c1. The summed E-state index contributed by atoms with van der Waals surface area (Å²) in [5.74, 6) is 6.18. The molecule has 0 amide bonds. The van der Waals surface area contributed by atoms with Crippen LogP contribution >= 0.6 is 15.9 Å². The van der Waals surface area contributed by atoms with Crippen molar-refractivity contribution in [3.8, 4) is 0 Å². The minimum Gasteiger partial charge on any atom is -0.381 e. The Hall–Kier alpha value is -0.420. The number of rotatable bonds is 3. The van der Waals surface area contributed by atoms with E-state index in [2.05, 4.69) is 46.5 Å². The Morgan fingerprint density at radius 3 is 2.88 bits per heavy atom. The Morgan fingerprint density at radius 1 is 1.47 bits per heavy atom. The second kappa shape index (κ2) is 5.96. The van der Waals surface area contributed by atoms with Crippen molar-refractivity contribution >= 4 is 15.9 Å². The van der Waals surface area contributed by atoms with Gasteiger partial charge in [0.05, 0.1) is 12.6 Å². The van der Waals surface area contributed by atoms with E-state index in [4.69, 9.17) is 10.6 Å². The number of ether oxygens (including phenoxy) is 1. The van der Waals surface area contributed by atoms with E-state index in [1.54, 1.807) is 0 Å². The number of aryl methyl sites for hydroxylation is 1. The molecule has 4 heteroatoms. The summed E-state index contributed by atoms with van der Waals surface area (Å²) < 4.78 is 6.64. The van der Waals surface area contributed by atoms with Crippen LogP contribution in [0, 0.1) is 12.8 Å². The van der Waals surface area contributed by atoms with E-state index in [0.717, 1.165) is 24.1 Å². The van der Waals surface area contributed by atoms with Crippen LogP contribution in [0.1, 0.15) is 30.0 Å². The summed E-state index contributed by atoms with van der Waals surface area (Å²) in [7, 11) is 0. The maximum Gasteiger partial charge on any atom is 0.0513 e. The third-order valence-corrected chi connectivity index (χ3v) is 3.73. The monoisotopic (exact) mass is 298 g/mol. The summed E-state index contributed by atoms with van der Waals surface area (Å²) in [6.07, 6.45) is 2.29. The first-order valence-corrected chi connectivity index (χ1v) is 6.81. The highest BCUT2D eigenvalue weighted by molar-refractivity contribution is 9.10. The molecule has 1 aromatic rings. The van der Waals surface area contributed by atoms with Gasteiger partial charge in [-0.2, -0.15) is 0 Å². The number of hydrogen-bond donors (Lipinski definition) is 2. The third-order valence-electron chi connectivity index (χ3n) is 3.27. The lowest BCUT2D eigenvalue weighted by Gasteiger charge is -2.30. The van der Waals surface area contributed by atoms with Crippen LogP contribution in [-0.4, -0.2) is 13.2 Å². The predicted octanol–water partition coefficient (Wildman–Crippen LogP) is 2.69. The summed E-state index contributed by atoms with van der Waals surface area (Å²) in [6.45, 7) is 3.77. The highest BCUT2D eigenvalue weighted by Crippen LogP contribution is 2.30. The van der Waals surface area contributed by atoms with Gasteiger partial charge in [-0.3, -0.25) is 11.3 Å². The molecule has 0 spiro atoms. The first-order chi connectivity index (χ1) is 8.20. The normalized spacial score (nSPS) is 22.4. The Balaban J connectivity index is 2.21. The van der Waals surface area contributed by atoms with Crippen LogP contribution in [0.25, 0.3) is 0 Å². The third kappa shape index (κ3) is 3.28. The van der Waals surface area contributed by atoms with E-state index in [1.807, 2.05) is 0 Å². The van der Waals surface area contributed by atoms with Gasteiger partial charge in [0, 0.05) is 17.0 Å². The number of nitrogens with two attached hydrogens (primary N) is 1. The zero-order valence-corrected chi connectivity index (χ0v) is 11.7. The molecule has 0 aliphatic carbocycles. The molecule has 1 aliphatic rings. The summed E-state index contributed by atoms with van der Waals surface area (Å²) in [4.78, 5) is 0. The lowest BCUT2D eigenvalue weighted by Crippen LogP contribution is -2.37. The van der Waals surface area contributed by atoms with E-state index >= 15 is 0 Å². The lowest BCUT2D eigenvalue weighted by molar-refractivity contribution is 0.0390. The molecule has 2 rings (SSSR count). The van der Waals surface area contributed by atoms with Gasteiger partial charge in [-0.15, -0.1) is 0 Å². The molecule has 1 heterocycles. The average molecular weight is 299 g/mol. The number of benzene rings is 1. The van der Waals surface area contributed by atoms with Crippen LogP contribution in [-0.2, 0) is 4.74 Å². The Labute approximate surface area is 111 Å². The topological polar surface area (TPSA) is 47.3 Å². The van der Waals surface area contributed by atoms with Crippen molar-refractivity contribution in [3.05, 3.63) is 33.8 Å². The average Bonchev–Trinajstić information content (AvgIpc) is 2.30. The molecular formula is C13H19BrN2O. The zero-order valence-electron chi connectivity index (χ0n) is 10.1. The molecule has 0 bridgehead atoms. The fourth-order valence-electron chi connectivity index (χ4n) is 2.48. The predicted molar refractivity (Wildman–Crippen MR) is 72.5 cm³/mol. The smallest absolute Gasteiger partial charge is 0.0513 e. The number of nitrogens with one attached hydrogen (secondary N) is 1. The van der Waals surface area contributed by atoms with Crippen LogP contribution in [0.2, 0.25) is 0 Å². The molecular weight excluding hydrogens is 280 g/mol. The molecule has 1 saturated heterocycles. The van der Waals surface area contributed by atoms with Gasteiger partial charge in [-0.05, 0) is 43.0 Å². The highest BCUT2D eigenvalue weighted by atomic mass is 79.9. The van der Waals surface area contributed by atoms with Gasteiger partial charge in [0.2, 0.25) is 0 Å². The highest BCUT2D eigenvalue weighted by Gasteiger charge is 2.25. The molecule has 1 aliphatic heterocycles. The van der Waals surface area contributed by atoms with Crippen LogP contribution in [0.3, 0.4) is 0 Å². The van der Waals surface area contributed by atoms with Gasteiger partial charge in [-0.1, -0.05) is 22.0 Å². The molecule has 2 atom stereocenters. The Kier molecular flexibility index (Phi) is 4.56. The summed E-state index contributed by atoms with van der Waals surface area (Å²) >= 11 is 3.53. The summed E-state index contributed by atoms with van der Waals surface area (Å²) in [6, 6.07) is 6.59. The molecule has 0 aromatic heterocycles. The first kappa shape index (κ1) is 13.0. The molecule has 0 saturated carbocycles. The molecule has 1 aromatic carbocycles. The van der Waals surface area contributed by atoms with E-state index in [1.165, 1.54) is 17.5 Å². The van der Waals surface area contributed by atoms with Crippen molar-refractivity contribution in [1.29, 1.82) is 0 Å². The fourth-order valence-corrected chi connectivity index (χ4v) is 3.10. The van der Waals surface area contributed by atoms with E-state index in [-0.39, 0.29) is 6.04 Å². The molecule has 2 unspecified atom stereocenters. The quantitative estimate of drug-likeness (QED) is 0.666. The number of hydrazine groups is 1. The molecule has 17 heavy (non-hydrogen) atoms. The second-order valence-corrected chi connectivity index (χ2v) is 5.60. The van der Waals surface area contributed by atoms with E-state index in [9.17, 15) is 0 Å². The van der Waals surface area contributed by atoms with Gasteiger partial charge in [-0.25, -0.2) is 0 Å². The lowest BCUT2D eigenvalue weighted by atomic mass is 9.88. The Morgan fingerprint density at radius 2 is 2.29 bits per heavy atom. The van der Waals surface area contributed by atoms with Crippen molar-refractivity contribution in [3.63, 3.8) is 0 Å². The molecule has 0 radical (unpaired) electrons. The first-order valence-electron chi connectivity index (χ1n) is 6.01. The summed E-state index contributed by atoms with van der Waals surface area (Å²) in [5.41, 5.74) is 5.42. The van der Waals surface area contributed by atoms with Gasteiger partial charge in [0.15, 0.2) is 0 Å². The Bertz CT molecular complexity index is 357. The molecule has 94 valence electrons. The second-order valence-electron chi connectivity index (χ2n) is 4.68. The molecule has 1 fully saturated rings. The standard InChI is InChI=1S/C13H19BrN2O/c1-9-5-11(7-12(14)6-9)13(16-15)10-3-2-4-17-8-10/h5-7,10,13,16H,2-4,8,15H2,1H3. The van der Waals surface area contributed by atoms with Crippen LogP contribution in [0.5, 0.6) is 0 Å². The van der Waals surface area contributed by atoms with Crippen molar-refractivity contribution < 1.29 is 4.74 Å². The van der Waals surface area contributed by atoms with E-state index < -0.39 is 0 Å². The molecule has 3 nitrogen and oxygen atoms in total. The summed E-state index contributed by atoms with van der Waals surface area (Å²) in [5, 5.41) is 0. The van der Waals surface area contributed by atoms with Crippen LogP contribution < -0.4 is 11.3 Å². The van der Waals surface area contributed by atoms with Crippen molar-refractivity contribution in [2.24, 2.45) is 11.8 Å². The van der Waals surface area contributed by atoms with Gasteiger partial charge in [0.1, 0.15) is 0 Å². The van der Waals surface area contributed by atoms with Crippen molar-refractivity contribution in [2.45, 2.75) is 25.8 Å². The van der Waals surface area contributed by atoms with E-state index in [0.29, 0.717) is 5.92 Å². The zero-order chi connectivity index (χ0) is 12.3. The maximum atomic E-state index is 5.71. The van der Waals surface area contributed by atoms with Gasteiger partial charge >= 0.3 is 0 Å². The van der Waals surface area contributed by atoms with Crippen LogP contribution in [0.4, 0.5) is 0 Å². The van der Waals surface area contributed by atoms with Crippen molar-refractivity contribution in [2.75, 3.05) is 13.2 Å².